The minimum absolute atomic E-state index is 0.00900. The second-order valence-electron chi connectivity index (χ2n) is 8.70. The maximum absolute atomic E-state index is 13.1. The van der Waals surface area contributed by atoms with Gasteiger partial charge in [0.05, 0.1) is 19.6 Å². The molecule has 2 aromatic rings. The smallest absolute Gasteiger partial charge is 0.410 e. The van der Waals surface area contributed by atoms with Crippen LogP contribution in [0.25, 0.3) is 0 Å². The van der Waals surface area contributed by atoms with Crippen molar-refractivity contribution in [1.29, 1.82) is 0 Å². The van der Waals surface area contributed by atoms with Crippen LogP contribution in [-0.4, -0.2) is 58.8 Å². The number of rotatable bonds is 9. The summed E-state index contributed by atoms with van der Waals surface area (Å²) in [4.78, 5) is 40.2. The highest BCUT2D eigenvalue weighted by Gasteiger charge is 2.46. The highest BCUT2D eigenvalue weighted by Crippen LogP contribution is 2.39. The van der Waals surface area contributed by atoms with Crippen molar-refractivity contribution in [3.63, 3.8) is 0 Å². The topological polar surface area (TPSA) is 88.2 Å². The molecule has 1 N–H and O–H groups in total. The molecule has 0 saturated carbocycles. The van der Waals surface area contributed by atoms with Gasteiger partial charge in [0, 0.05) is 18.1 Å². The molecule has 188 valence electrons. The van der Waals surface area contributed by atoms with Crippen LogP contribution in [0.5, 0.6) is 11.5 Å². The molecule has 2 bridgehead atoms. The van der Waals surface area contributed by atoms with Gasteiger partial charge >= 0.3 is 6.09 Å². The first-order chi connectivity index (χ1) is 17.5. The van der Waals surface area contributed by atoms with Crippen LogP contribution in [0.2, 0.25) is 0 Å². The molecule has 2 aliphatic heterocycles. The van der Waals surface area contributed by atoms with Crippen LogP contribution >= 0.6 is 7.51 Å². The zero-order valence-electron chi connectivity index (χ0n) is 19.7. The van der Waals surface area contributed by atoms with Crippen LogP contribution in [0, 0.1) is 0 Å². The number of hydrogen-bond donors (Lipinski definition) is 1. The third kappa shape index (κ3) is 5.91. The Hall–Kier alpha value is -3.29. The molecule has 3 amide bonds. The summed E-state index contributed by atoms with van der Waals surface area (Å²) in [5.74, 6) is 0.350. The summed E-state index contributed by atoms with van der Waals surface area (Å²) in [6.07, 6.45) is 4.22. The number of para-hydroxylation sites is 2. The lowest BCUT2D eigenvalue weighted by molar-refractivity contribution is -0.127. The maximum atomic E-state index is 13.1. The minimum atomic E-state index is -0.407. The Morgan fingerprint density at radius 2 is 1.75 bits per heavy atom. The minimum Gasteiger partial charge on any atom is -0.457 e. The molecular formula is C26H28N3O5PS. The van der Waals surface area contributed by atoms with E-state index in [1.807, 2.05) is 18.2 Å². The lowest BCUT2D eigenvalue weighted by Crippen LogP contribution is -2.52. The van der Waals surface area contributed by atoms with E-state index in [1.165, 1.54) is 0 Å². The zero-order chi connectivity index (χ0) is 25.5. The Morgan fingerprint density at radius 1 is 1.08 bits per heavy atom. The predicted octanol–water partition coefficient (Wildman–Crippen LogP) is 4.68. The van der Waals surface area contributed by atoms with Crippen molar-refractivity contribution in [2.75, 3.05) is 13.2 Å². The average Bonchev–Trinajstić information content (AvgIpc) is 3.17. The quantitative estimate of drug-likeness (QED) is 0.378. The number of carbonyl (C=O) groups is 3. The van der Waals surface area contributed by atoms with Gasteiger partial charge in [-0.2, -0.15) is 0 Å². The van der Waals surface area contributed by atoms with E-state index in [2.05, 4.69) is 11.9 Å². The summed E-state index contributed by atoms with van der Waals surface area (Å²) in [7, 11) is 0.391. The van der Waals surface area contributed by atoms with E-state index < -0.39 is 5.91 Å². The summed E-state index contributed by atoms with van der Waals surface area (Å²) in [6.45, 7) is 3.57. The summed E-state index contributed by atoms with van der Waals surface area (Å²) in [5.41, 5.74) is 0.334. The average molecular weight is 526 g/mol. The molecular weight excluding hydrogens is 497 g/mol. The normalized spacial score (nSPS) is 20.4. The van der Waals surface area contributed by atoms with E-state index in [0.29, 0.717) is 37.4 Å². The molecule has 10 heteroatoms. The lowest BCUT2D eigenvalue weighted by Gasteiger charge is -2.40. The fourth-order valence-electron chi connectivity index (χ4n) is 4.86. The number of ether oxygens (including phenoxy) is 2. The van der Waals surface area contributed by atoms with Crippen LogP contribution in [-0.2, 0) is 21.3 Å². The Labute approximate surface area is 217 Å². The summed E-state index contributed by atoms with van der Waals surface area (Å²) in [6, 6.07) is 16.0. The van der Waals surface area contributed by atoms with Gasteiger partial charge in [0.15, 0.2) is 0 Å². The van der Waals surface area contributed by atoms with Crippen molar-refractivity contribution >= 4 is 37.2 Å². The van der Waals surface area contributed by atoms with Gasteiger partial charge in [-0.3, -0.25) is 14.3 Å². The monoisotopic (exact) mass is 525 g/mol. The van der Waals surface area contributed by atoms with Crippen molar-refractivity contribution in [3.8, 4) is 11.5 Å². The number of carbonyl (C=O) groups excluding carboxylic acids is 3. The van der Waals surface area contributed by atoms with Crippen molar-refractivity contribution in [1.82, 2.24) is 14.9 Å². The molecule has 2 saturated heterocycles. The molecule has 36 heavy (non-hydrogen) atoms. The molecule has 2 aliphatic rings. The van der Waals surface area contributed by atoms with E-state index in [1.54, 1.807) is 52.0 Å². The van der Waals surface area contributed by atoms with Gasteiger partial charge < -0.3 is 19.7 Å². The Kier molecular flexibility index (Phi) is 8.67. The van der Waals surface area contributed by atoms with Crippen molar-refractivity contribution < 1.29 is 23.9 Å². The highest BCUT2D eigenvalue weighted by atomic mass is 32.4. The number of nitrogens with zero attached hydrogens (tertiary/aromatic N) is 2. The van der Waals surface area contributed by atoms with Crippen molar-refractivity contribution in [2.45, 2.75) is 43.8 Å². The second kappa shape index (κ2) is 12.1. The van der Waals surface area contributed by atoms with Gasteiger partial charge in [-0.15, -0.1) is 0 Å². The fourth-order valence-corrected chi connectivity index (χ4v) is 6.01. The Balaban J connectivity index is 1.36. The predicted molar refractivity (Wildman–Crippen MR) is 140 cm³/mol. The molecule has 2 aromatic carbocycles. The maximum Gasteiger partial charge on any atom is 0.410 e. The molecule has 0 aromatic heterocycles. The summed E-state index contributed by atoms with van der Waals surface area (Å²) >= 11 is 5.26. The molecule has 3 atom stereocenters. The molecule has 8 nitrogen and oxygen atoms in total. The molecule has 2 heterocycles. The number of amides is 3. The van der Waals surface area contributed by atoms with E-state index in [4.69, 9.17) is 21.3 Å². The highest BCUT2D eigenvalue weighted by molar-refractivity contribution is 7.95. The van der Waals surface area contributed by atoms with Crippen LogP contribution in [0.4, 0.5) is 4.79 Å². The van der Waals surface area contributed by atoms with Crippen molar-refractivity contribution in [3.05, 3.63) is 72.8 Å². The number of nitrogens with one attached hydrogen (secondary N) is 1. The standard InChI is InChI=1S/C26H28N3O5PS/c1-2-14-33-26(32)28-18-12-13-19(28)16-20(15-18)29(35-36)24(30)17-27-25(31)22-10-6-7-11-23(22)34-21-8-4-3-5-9-21/h2-11,18-20H,1,12-17H2,(H,27,31)/t18-,19+,20?. The third-order valence-electron chi connectivity index (χ3n) is 6.44. The summed E-state index contributed by atoms with van der Waals surface area (Å²) in [5, 5.41) is 2.71. The van der Waals surface area contributed by atoms with Gasteiger partial charge in [-0.25, -0.2) is 4.79 Å². The van der Waals surface area contributed by atoms with E-state index in [0.717, 1.165) is 12.8 Å². The summed E-state index contributed by atoms with van der Waals surface area (Å²) < 4.78 is 12.7. The molecule has 4 rings (SSSR count). The van der Waals surface area contributed by atoms with Gasteiger partial charge in [0.2, 0.25) is 5.91 Å². The first-order valence-corrected chi connectivity index (χ1v) is 13.7. The van der Waals surface area contributed by atoms with Gasteiger partial charge in [-0.1, -0.05) is 43.0 Å². The second-order valence-corrected chi connectivity index (χ2v) is 9.78. The van der Waals surface area contributed by atoms with E-state index in [9.17, 15) is 14.4 Å². The third-order valence-corrected chi connectivity index (χ3v) is 7.69. The first-order valence-electron chi connectivity index (χ1n) is 11.8. The number of fused-ring (bicyclic) bond motifs is 2. The fraction of sp³-hybridized carbons (Fsp3) is 0.346. The molecule has 2 fully saturated rings. The van der Waals surface area contributed by atoms with E-state index >= 15 is 0 Å². The van der Waals surface area contributed by atoms with Crippen LogP contribution in [0.3, 0.4) is 0 Å². The van der Waals surface area contributed by atoms with Crippen molar-refractivity contribution in [2.24, 2.45) is 0 Å². The largest absolute Gasteiger partial charge is 0.457 e. The van der Waals surface area contributed by atoms with Crippen LogP contribution < -0.4 is 10.1 Å². The lowest BCUT2D eigenvalue weighted by atomic mass is 9.97. The van der Waals surface area contributed by atoms with Crippen LogP contribution in [0.15, 0.2) is 67.3 Å². The molecule has 0 radical (unpaired) electrons. The van der Waals surface area contributed by atoms with Gasteiger partial charge in [0.25, 0.3) is 5.91 Å². The van der Waals surface area contributed by atoms with Crippen LogP contribution in [0.1, 0.15) is 36.0 Å². The Morgan fingerprint density at radius 3 is 2.42 bits per heavy atom. The van der Waals surface area contributed by atoms with Gasteiger partial charge in [0.1, 0.15) is 18.1 Å². The molecule has 1 unspecified atom stereocenters. The first kappa shape index (κ1) is 25.8. The Bertz CT molecular complexity index is 1120. The molecule has 0 spiro atoms. The number of hydrogen-bond acceptors (Lipinski definition) is 6. The van der Waals surface area contributed by atoms with Gasteiger partial charge in [-0.05, 0) is 61.8 Å². The SMILES string of the molecule is C=CCOC(=O)N1[C@@H]2CC[C@H]1CC(N(P=S)C(=O)CNC(=O)c1ccccc1Oc1ccccc1)C2. The molecule has 0 aliphatic carbocycles. The zero-order valence-corrected chi connectivity index (χ0v) is 21.5. The number of benzene rings is 2. The van der Waals surface area contributed by atoms with E-state index in [-0.39, 0.29) is 43.3 Å². The number of piperidine rings is 1.